The van der Waals surface area contributed by atoms with E-state index in [0.29, 0.717) is 0 Å². The van der Waals surface area contributed by atoms with Crippen molar-refractivity contribution >= 4 is 61.5 Å². The van der Waals surface area contributed by atoms with Crippen molar-refractivity contribution in [2.45, 2.75) is 22.1 Å². The van der Waals surface area contributed by atoms with Crippen LogP contribution in [0, 0.1) is 20.2 Å². The first-order valence-electron chi connectivity index (χ1n) is 12.9. The Morgan fingerprint density at radius 1 is 1.00 bits per heavy atom. The number of nitro groups is 2. The third kappa shape index (κ3) is 5.33. The molecule has 2 N–H and O–H groups in total. The molecule has 2 heterocycles. The molecule has 1 aliphatic rings. The first-order chi connectivity index (χ1) is 20.9. The van der Waals surface area contributed by atoms with Gasteiger partial charge in [0.05, 0.1) is 32.4 Å². The Labute approximate surface area is 253 Å². The summed E-state index contributed by atoms with van der Waals surface area (Å²) in [5, 5.41) is 20.7. The molecule has 224 valence electrons. The van der Waals surface area contributed by atoms with Crippen LogP contribution in [0.1, 0.15) is 28.1 Å². The zero-order valence-corrected chi connectivity index (χ0v) is 24.4. The number of esters is 1. The maximum absolute atomic E-state index is 14.3. The van der Waals surface area contributed by atoms with Gasteiger partial charge >= 0.3 is 5.97 Å². The number of nitro benzene ring substituents is 2. The second kappa shape index (κ2) is 11.8. The van der Waals surface area contributed by atoms with Gasteiger partial charge in [-0.15, -0.1) is 0 Å². The minimum Gasteiger partial charge on any atom is -0.462 e. The maximum atomic E-state index is 14.3. The fraction of sp³-hybridized carbons (Fsp3) is 0.103. The molecule has 3 aromatic carbocycles. The van der Waals surface area contributed by atoms with Crippen molar-refractivity contribution in [1.29, 1.82) is 0 Å². The number of rotatable bonds is 8. The van der Waals surface area contributed by atoms with Crippen molar-refractivity contribution < 1.29 is 32.6 Å². The third-order valence-corrected chi connectivity index (χ3v) is 9.75. The fourth-order valence-electron chi connectivity index (χ4n) is 4.73. The number of nitrogens with two attached hydrogens (primary N) is 1. The van der Waals surface area contributed by atoms with Crippen molar-refractivity contribution in [3.05, 3.63) is 121 Å². The number of benzene rings is 3. The number of non-ortho nitro benzene ring substituents is 2. The average molecular weight is 635 g/mol. The molecule has 13 nitrogen and oxygen atoms in total. The Morgan fingerprint density at radius 3 is 2.27 bits per heavy atom. The van der Waals surface area contributed by atoms with Crippen LogP contribution < -0.4 is 16.3 Å². The molecular weight excluding hydrogens is 612 g/mol. The highest BCUT2D eigenvalue weighted by Gasteiger charge is 2.40. The molecule has 1 atom stereocenters. The molecule has 0 bridgehead atoms. The average Bonchev–Trinajstić information content (AvgIpc) is 3.30. The van der Waals surface area contributed by atoms with Crippen LogP contribution in [0.3, 0.4) is 0 Å². The molecule has 0 radical (unpaired) electrons. The molecule has 0 amide bonds. The Bertz CT molecular complexity index is 2090. The van der Waals surface area contributed by atoms with Crippen molar-refractivity contribution in [3.63, 3.8) is 0 Å². The van der Waals surface area contributed by atoms with Gasteiger partial charge in [0.2, 0.25) is 15.7 Å². The SMILES string of the molecule is CCOC(=O)C1=c2/c(=C/c3cccc([N+](=O)[O-])c3)c(N)c(S(=O)(=O)c3ccccc3)n2C(=O)[C@H](c2cccc([N+](=O)[O-])c2)S1. The van der Waals surface area contributed by atoms with Crippen LogP contribution in [0.4, 0.5) is 17.1 Å². The highest BCUT2D eigenvalue weighted by Crippen LogP contribution is 2.41. The summed E-state index contributed by atoms with van der Waals surface area (Å²) in [6, 6.07) is 17.8. The van der Waals surface area contributed by atoms with E-state index in [4.69, 9.17) is 10.5 Å². The van der Waals surface area contributed by atoms with E-state index in [1.54, 1.807) is 13.0 Å². The predicted molar refractivity (Wildman–Crippen MR) is 161 cm³/mol. The number of ether oxygens (including phenoxy) is 1. The number of nitrogens with zero attached hydrogens (tertiary/aromatic N) is 3. The van der Waals surface area contributed by atoms with E-state index in [-0.39, 0.29) is 55.2 Å². The highest BCUT2D eigenvalue weighted by atomic mass is 32.2. The topological polar surface area (TPSA) is 195 Å². The van der Waals surface area contributed by atoms with Gasteiger partial charge in [0.25, 0.3) is 11.4 Å². The molecule has 0 saturated carbocycles. The van der Waals surface area contributed by atoms with Crippen molar-refractivity contribution in [2.75, 3.05) is 12.3 Å². The maximum Gasteiger partial charge on any atom is 0.346 e. The van der Waals surface area contributed by atoms with Crippen LogP contribution >= 0.6 is 11.8 Å². The zero-order valence-electron chi connectivity index (χ0n) is 22.8. The molecule has 0 spiro atoms. The molecule has 4 aromatic rings. The van der Waals surface area contributed by atoms with E-state index >= 15 is 0 Å². The number of aromatic nitrogens is 1. The molecule has 0 aliphatic carbocycles. The summed E-state index contributed by atoms with van der Waals surface area (Å²) in [6.45, 7) is 1.50. The van der Waals surface area contributed by atoms with E-state index in [0.717, 1.165) is 22.4 Å². The summed E-state index contributed by atoms with van der Waals surface area (Å²) >= 11 is 0.736. The van der Waals surface area contributed by atoms with Crippen LogP contribution in [0.2, 0.25) is 0 Å². The Kier molecular flexibility index (Phi) is 8.08. The lowest BCUT2D eigenvalue weighted by Gasteiger charge is -2.23. The Hall–Kier alpha value is -5.28. The first-order valence-corrected chi connectivity index (χ1v) is 15.2. The van der Waals surface area contributed by atoms with Crippen molar-refractivity contribution in [3.8, 4) is 0 Å². The van der Waals surface area contributed by atoms with Crippen LogP contribution in [-0.4, -0.2) is 41.3 Å². The largest absolute Gasteiger partial charge is 0.462 e. The van der Waals surface area contributed by atoms with Crippen molar-refractivity contribution in [2.24, 2.45) is 0 Å². The van der Waals surface area contributed by atoms with E-state index in [9.17, 15) is 38.2 Å². The van der Waals surface area contributed by atoms with Gasteiger partial charge in [0.15, 0.2) is 5.03 Å². The lowest BCUT2D eigenvalue weighted by Crippen LogP contribution is -2.42. The number of nitrogen functional groups attached to an aromatic ring is 1. The lowest BCUT2D eigenvalue weighted by atomic mass is 10.1. The first kappa shape index (κ1) is 30.2. The third-order valence-electron chi connectivity index (χ3n) is 6.64. The molecule has 1 aromatic heterocycles. The van der Waals surface area contributed by atoms with E-state index in [1.165, 1.54) is 72.8 Å². The molecule has 5 rings (SSSR count). The van der Waals surface area contributed by atoms with E-state index in [1.807, 2.05) is 0 Å². The zero-order chi connectivity index (χ0) is 31.8. The minimum atomic E-state index is -4.52. The fourth-order valence-corrected chi connectivity index (χ4v) is 7.48. The lowest BCUT2D eigenvalue weighted by molar-refractivity contribution is -0.385. The molecular formula is C29H22N4O9S2. The Morgan fingerprint density at radius 2 is 1.64 bits per heavy atom. The van der Waals surface area contributed by atoms with Gasteiger partial charge in [0, 0.05) is 29.5 Å². The van der Waals surface area contributed by atoms with Crippen LogP contribution in [0.15, 0.2) is 88.8 Å². The predicted octanol–water partition coefficient (Wildman–Crippen LogP) is 3.35. The number of sulfone groups is 1. The minimum absolute atomic E-state index is 0.0543. The van der Waals surface area contributed by atoms with Gasteiger partial charge in [-0.25, -0.2) is 13.2 Å². The van der Waals surface area contributed by atoms with Gasteiger partial charge in [-0.05, 0) is 36.3 Å². The van der Waals surface area contributed by atoms with Crippen LogP contribution in [0.25, 0.3) is 11.0 Å². The highest BCUT2D eigenvalue weighted by molar-refractivity contribution is 8.10. The monoisotopic (exact) mass is 634 g/mol. The summed E-state index contributed by atoms with van der Waals surface area (Å²) in [5.41, 5.74) is 5.94. The Balaban J connectivity index is 1.92. The molecule has 0 saturated heterocycles. The summed E-state index contributed by atoms with van der Waals surface area (Å²) in [7, 11) is -4.52. The second-order valence-corrected chi connectivity index (χ2v) is 12.3. The van der Waals surface area contributed by atoms with Crippen LogP contribution in [-0.2, 0) is 19.4 Å². The number of thioether (sulfide) groups is 1. The number of hydrogen-bond donors (Lipinski definition) is 1. The number of carbonyl (C=O) groups excluding carboxylic acids is 2. The molecule has 0 unspecified atom stereocenters. The summed E-state index contributed by atoms with van der Waals surface area (Å²) in [4.78, 5) is 49.0. The van der Waals surface area contributed by atoms with Gasteiger partial charge in [0.1, 0.15) is 10.2 Å². The second-order valence-electron chi connectivity index (χ2n) is 9.37. The number of carbonyl (C=O) groups is 2. The molecule has 1 aliphatic heterocycles. The molecule has 0 fully saturated rings. The van der Waals surface area contributed by atoms with E-state index < -0.39 is 41.8 Å². The van der Waals surface area contributed by atoms with Gasteiger partial charge in [-0.3, -0.25) is 29.6 Å². The van der Waals surface area contributed by atoms with E-state index in [2.05, 4.69) is 0 Å². The summed E-state index contributed by atoms with van der Waals surface area (Å²) < 4.78 is 34.3. The number of fused-ring (bicyclic) bond motifs is 1. The molecule has 15 heteroatoms. The quantitative estimate of drug-likeness (QED) is 0.170. The normalized spacial score (nSPS) is 15.1. The number of anilines is 1. The summed E-state index contributed by atoms with van der Waals surface area (Å²) in [6.07, 6.45) is 1.35. The standard InChI is InChI=1S/C29H22N4O9S2/c1-2-42-29(35)26-24-22(15-17-8-6-10-19(14-17)32(36)37)23(30)28(44(40,41)21-12-4-3-5-13-21)31(24)27(34)25(43-26)18-9-7-11-20(16-18)33(38)39/h3-16,25H,2,30H2,1H3/b22-15+/t25-/m0/s1. The molecule has 44 heavy (non-hydrogen) atoms. The van der Waals surface area contributed by atoms with Gasteiger partial charge < -0.3 is 10.5 Å². The smallest absolute Gasteiger partial charge is 0.346 e. The van der Waals surface area contributed by atoms with Gasteiger partial charge in [-0.1, -0.05) is 54.2 Å². The summed E-state index contributed by atoms with van der Waals surface area (Å²) in [5.74, 6) is -1.73. The van der Waals surface area contributed by atoms with Gasteiger partial charge in [-0.2, -0.15) is 0 Å². The number of hydrogen-bond acceptors (Lipinski definition) is 11. The van der Waals surface area contributed by atoms with Crippen molar-refractivity contribution in [1.82, 2.24) is 4.57 Å². The van der Waals surface area contributed by atoms with Crippen LogP contribution in [0.5, 0.6) is 0 Å².